The van der Waals surface area contributed by atoms with Gasteiger partial charge in [-0.05, 0) is 17.4 Å². The molecule has 0 atom stereocenters. The highest BCUT2D eigenvalue weighted by Crippen LogP contribution is 2.13. The third kappa shape index (κ3) is 4.06. The lowest BCUT2D eigenvalue weighted by Crippen LogP contribution is -2.05. The Balaban J connectivity index is 2.77. The van der Waals surface area contributed by atoms with Gasteiger partial charge in [0, 0.05) is 11.9 Å². The minimum atomic E-state index is 0.876. The third-order valence-corrected chi connectivity index (χ3v) is 3.14. The number of nitrogens with one attached hydrogen (secondary N) is 1. The number of thioether (sulfide) groups is 1. The minimum Gasteiger partial charge on any atom is -0.383 e. The summed E-state index contributed by atoms with van der Waals surface area (Å²) < 4.78 is 0. The van der Waals surface area contributed by atoms with Crippen molar-refractivity contribution < 1.29 is 0 Å². The molecule has 0 bridgehead atoms. The van der Waals surface area contributed by atoms with Crippen molar-refractivity contribution in [1.82, 2.24) is 5.32 Å². The lowest BCUT2D eigenvalue weighted by Gasteiger charge is -2.05. The predicted octanol–water partition coefficient (Wildman–Crippen LogP) is 3.22. The number of allylic oxidation sites excluding steroid dienone is 1. The number of benzene rings is 1. The average Bonchev–Trinajstić information content (AvgIpc) is 2.29. The summed E-state index contributed by atoms with van der Waals surface area (Å²) in [5, 5.41) is 4.26. The molecule has 0 fully saturated rings. The van der Waals surface area contributed by atoms with Gasteiger partial charge in [0.2, 0.25) is 0 Å². The van der Waals surface area contributed by atoms with Crippen molar-refractivity contribution in [1.29, 1.82) is 0 Å². The van der Waals surface area contributed by atoms with Crippen molar-refractivity contribution in [2.45, 2.75) is 6.92 Å². The summed E-state index contributed by atoms with van der Waals surface area (Å²) in [6.45, 7) is 2.13. The summed E-state index contributed by atoms with van der Waals surface area (Å²) in [7, 11) is 1.92. The van der Waals surface area contributed by atoms with Crippen molar-refractivity contribution in [3.8, 4) is 0 Å². The molecule has 1 aromatic carbocycles. The number of hydrogen-bond acceptors (Lipinski definition) is 3. The molecule has 1 nitrogen and oxygen atoms in total. The van der Waals surface area contributed by atoms with Crippen LogP contribution in [-0.4, -0.2) is 17.7 Å². The van der Waals surface area contributed by atoms with Gasteiger partial charge in [0.25, 0.3) is 0 Å². The Morgan fingerprint density at radius 2 is 2.07 bits per heavy atom. The molecule has 15 heavy (non-hydrogen) atoms. The van der Waals surface area contributed by atoms with Gasteiger partial charge in [-0.1, -0.05) is 49.5 Å². The SMILES string of the molecule is CCS/C(=C/C(=S)c1ccccc1)NC. The lowest BCUT2D eigenvalue weighted by molar-refractivity contribution is 1.08. The van der Waals surface area contributed by atoms with Gasteiger partial charge in [0.1, 0.15) is 0 Å². The van der Waals surface area contributed by atoms with Gasteiger partial charge in [-0.25, -0.2) is 0 Å². The van der Waals surface area contributed by atoms with E-state index in [4.69, 9.17) is 12.2 Å². The predicted molar refractivity (Wildman–Crippen MR) is 73.4 cm³/mol. The first kappa shape index (κ1) is 12.3. The second kappa shape index (κ2) is 6.64. The van der Waals surface area contributed by atoms with Crippen molar-refractivity contribution in [2.24, 2.45) is 0 Å². The highest BCUT2D eigenvalue weighted by atomic mass is 32.2. The lowest BCUT2D eigenvalue weighted by atomic mass is 10.1. The first-order chi connectivity index (χ1) is 7.27. The second-order valence-electron chi connectivity index (χ2n) is 2.92. The van der Waals surface area contributed by atoms with Gasteiger partial charge >= 0.3 is 0 Å². The van der Waals surface area contributed by atoms with Crippen LogP contribution in [0.25, 0.3) is 0 Å². The minimum absolute atomic E-state index is 0.876. The maximum Gasteiger partial charge on any atom is 0.0693 e. The zero-order valence-corrected chi connectivity index (χ0v) is 10.6. The summed E-state index contributed by atoms with van der Waals surface area (Å²) in [5.74, 6) is 1.05. The molecule has 0 aliphatic heterocycles. The largest absolute Gasteiger partial charge is 0.383 e. The van der Waals surface area contributed by atoms with Crippen LogP contribution in [0.2, 0.25) is 0 Å². The van der Waals surface area contributed by atoms with Crippen LogP contribution in [0.3, 0.4) is 0 Å². The number of hydrogen-bond donors (Lipinski definition) is 1. The molecular weight excluding hydrogens is 222 g/mol. The molecule has 0 heterocycles. The standard InChI is InChI=1S/C12H15NS2/c1-3-15-12(13-2)9-11(14)10-7-5-4-6-8-10/h4-9,13H,3H2,1-2H3/b12-9+. The van der Waals surface area contributed by atoms with E-state index in [-0.39, 0.29) is 0 Å². The molecule has 0 saturated heterocycles. The molecule has 1 N–H and O–H groups in total. The zero-order chi connectivity index (χ0) is 11.1. The summed E-state index contributed by atoms with van der Waals surface area (Å²) in [6, 6.07) is 10.1. The van der Waals surface area contributed by atoms with E-state index < -0.39 is 0 Å². The van der Waals surface area contributed by atoms with Crippen molar-refractivity contribution in [3.63, 3.8) is 0 Å². The van der Waals surface area contributed by atoms with Gasteiger partial charge in [-0.2, -0.15) is 0 Å². The van der Waals surface area contributed by atoms with Crippen LogP contribution in [0.5, 0.6) is 0 Å². The molecule has 0 unspecified atom stereocenters. The normalized spacial score (nSPS) is 11.2. The Hall–Kier alpha value is -0.800. The van der Waals surface area contributed by atoms with Crippen molar-refractivity contribution >= 4 is 28.8 Å². The fraction of sp³-hybridized carbons (Fsp3) is 0.250. The maximum atomic E-state index is 5.35. The molecule has 0 aliphatic carbocycles. The summed E-state index contributed by atoms with van der Waals surface area (Å²) in [5.41, 5.74) is 1.09. The van der Waals surface area contributed by atoms with Crippen molar-refractivity contribution in [2.75, 3.05) is 12.8 Å². The monoisotopic (exact) mass is 237 g/mol. The molecule has 0 spiro atoms. The highest BCUT2D eigenvalue weighted by Gasteiger charge is 1.99. The fourth-order valence-corrected chi connectivity index (χ4v) is 2.13. The molecule has 80 valence electrons. The van der Waals surface area contributed by atoms with Crippen LogP contribution in [0.1, 0.15) is 12.5 Å². The summed E-state index contributed by atoms with van der Waals surface area (Å²) >= 11 is 7.11. The van der Waals surface area contributed by atoms with E-state index in [2.05, 4.69) is 12.2 Å². The van der Waals surface area contributed by atoms with Crippen LogP contribution in [0.4, 0.5) is 0 Å². The van der Waals surface area contributed by atoms with Gasteiger partial charge < -0.3 is 5.32 Å². The van der Waals surface area contributed by atoms with Gasteiger partial charge in [0.15, 0.2) is 0 Å². The van der Waals surface area contributed by atoms with E-state index in [0.29, 0.717) is 0 Å². The zero-order valence-electron chi connectivity index (χ0n) is 8.99. The van der Waals surface area contributed by atoms with Gasteiger partial charge in [-0.15, -0.1) is 11.8 Å². The Bertz CT molecular complexity index is 344. The summed E-state index contributed by atoms with van der Waals surface area (Å²) in [6.07, 6.45) is 2.01. The molecule has 1 aromatic rings. The first-order valence-electron chi connectivity index (χ1n) is 4.89. The van der Waals surface area contributed by atoms with Crippen LogP contribution in [0, 0.1) is 0 Å². The Morgan fingerprint density at radius 3 is 2.60 bits per heavy atom. The average molecular weight is 237 g/mol. The van der Waals surface area contributed by atoms with E-state index in [9.17, 15) is 0 Å². The van der Waals surface area contributed by atoms with E-state index in [1.165, 1.54) is 0 Å². The first-order valence-corrected chi connectivity index (χ1v) is 6.29. The molecule has 0 saturated carbocycles. The van der Waals surface area contributed by atoms with E-state index >= 15 is 0 Å². The van der Waals surface area contributed by atoms with Gasteiger partial charge in [0.05, 0.1) is 5.03 Å². The smallest absolute Gasteiger partial charge is 0.0693 e. The maximum absolute atomic E-state index is 5.35. The molecule has 0 aliphatic rings. The van der Waals surface area contributed by atoms with Gasteiger partial charge in [-0.3, -0.25) is 0 Å². The van der Waals surface area contributed by atoms with Crippen molar-refractivity contribution in [3.05, 3.63) is 47.0 Å². The topological polar surface area (TPSA) is 12.0 Å². The number of rotatable bonds is 5. The second-order valence-corrected chi connectivity index (χ2v) is 4.67. The molecule has 1 rings (SSSR count). The Kier molecular flexibility index (Phi) is 5.43. The van der Waals surface area contributed by atoms with Crippen LogP contribution < -0.4 is 5.32 Å². The molecule has 0 radical (unpaired) electrons. The van der Waals surface area contributed by atoms with Crippen LogP contribution in [-0.2, 0) is 0 Å². The van der Waals surface area contributed by atoms with E-state index in [0.717, 1.165) is 21.2 Å². The molecule has 0 amide bonds. The quantitative estimate of drug-likeness (QED) is 0.480. The fourth-order valence-electron chi connectivity index (χ4n) is 1.15. The summed E-state index contributed by atoms with van der Waals surface area (Å²) in [4.78, 5) is 0.876. The Morgan fingerprint density at radius 1 is 1.40 bits per heavy atom. The highest BCUT2D eigenvalue weighted by molar-refractivity contribution is 8.03. The molecular formula is C12H15NS2. The number of thiocarbonyl (C=S) groups is 1. The van der Waals surface area contributed by atoms with E-state index in [1.807, 2.05) is 43.5 Å². The van der Waals surface area contributed by atoms with Crippen LogP contribution in [0.15, 0.2) is 41.4 Å². The molecule has 3 heteroatoms. The Labute approximate surface area is 101 Å². The molecule has 0 aromatic heterocycles. The van der Waals surface area contributed by atoms with Crippen LogP contribution >= 0.6 is 24.0 Å². The third-order valence-electron chi connectivity index (χ3n) is 1.87. The van der Waals surface area contributed by atoms with E-state index in [1.54, 1.807) is 11.8 Å².